The maximum absolute atomic E-state index is 13.5. The molecule has 4 rings (SSSR count). The molecule has 0 bridgehead atoms. The number of benzene rings is 2. The van der Waals surface area contributed by atoms with Gasteiger partial charge in [0.1, 0.15) is 17.1 Å². The summed E-state index contributed by atoms with van der Waals surface area (Å²) in [5.74, 6) is -0.0812. The normalized spacial score (nSPS) is 11.2. The number of aryl methyl sites for hydroxylation is 2. The van der Waals surface area contributed by atoms with Gasteiger partial charge in [-0.1, -0.05) is 0 Å². The minimum Gasteiger partial charge on any atom is -0.483 e. The van der Waals surface area contributed by atoms with Crippen molar-refractivity contribution in [3.63, 3.8) is 0 Å². The Bertz CT molecular complexity index is 1310. The van der Waals surface area contributed by atoms with Crippen molar-refractivity contribution >= 4 is 27.8 Å². The summed E-state index contributed by atoms with van der Waals surface area (Å²) >= 11 is 0. The number of carbonyl (C=O) groups excluding carboxylic acids is 1. The van der Waals surface area contributed by atoms with Crippen LogP contribution in [0.1, 0.15) is 16.7 Å². The lowest BCUT2D eigenvalue weighted by atomic mass is 10.1. The number of hydrogen-bond acceptors (Lipinski definition) is 4. The number of hydrogen-bond donors (Lipinski definition) is 2. The van der Waals surface area contributed by atoms with Crippen LogP contribution in [0.3, 0.4) is 0 Å². The first-order valence-electron chi connectivity index (χ1n) is 9.61. The van der Waals surface area contributed by atoms with Gasteiger partial charge in [-0.2, -0.15) is 0 Å². The van der Waals surface area contributed by atoms with Crippen LogP contribution in [0.4, 0.5) is 4.39 Å². The fraction of sp³-hybridized carbons (Fsp3) is 0.217. The van der Waals surface area contributed by atoms with Gasteiger partial charge in [0.2, 0.25) is 0 Å². The van der Waals surface area contributed by atoms with E-state index < -0.39 is 5.63 Å². The SMILES string of the molecule is Cc1cc(=O)oc2c(C)c(OCC(=O)NCCc3c[nH]c4ccc(F)cc34)ccc12. The summed E-state index contributed by atoms with van der Waals surface area (Å²) in [7, 11) is 0. The molecule has 0 aliphatic carbocycles. The van der Waals surface area contributed by atoms with Crippen LogP contribution >= 0.6 is 0 Å². The summed E-state index contributed by atoms with van der Waals surface area (Å²) in [6, 6.07) is 9.59. The zero-order chi connectivity index (χ0) is 21.3. The van der Waals surface area contributed by atoms with E-state index in [4.69, 9.17) is 9.15 Å². The highest BCUT2D eigenvalue weighted by Crippen LogP contribution is 2.28. The molecule has 1 amide bonds. The molecule has 0 saturated heterocycles. The van der Waals surface area contributed by atoms with E-state index >= 15 is 0 Å². The van der Waals surface area contributed by atoms with E-state index in [1.807, 2.05) is 19.2 Å². The summed E-state index contributed by atoms with van der Waals surface area (Å²) < 4.78 is 24.4. The van der Waals surface area contributed by atoms with Crippen molar-refractivity contribution in [3.05, 3.63) is 75.5 Å². The number of aromatic nitrogens is 1. The van der Waals surface area contributed by atoms with Crippen LogP contribution in [0.15, 0.2) is 51.8 Å². The van der Waals surface area contributed by atoms with Crippen molar-refractivity contribution < 1.29 is 18.3 Å². The third kappa shape index (κ3) is 3.91. The molecule has 0 spiro atoms. The number of carbonyl (C=O) groups is 1. The molecule has 2 heterocycles. The van der Waals surface area contributed by atoms with Crippen LogP contribution < -0.4 is 15.7 Å². The highest BCUT2D eigenvalue weighted by atomic mass is 19.1. The molecule has 0 fully saturated rings. The number of rotatable bonds is 6. The predicted molar refractivity (Wildman–Crippen MR) is 112 cm³/mol. The van der Waals surface area contributed by atoms with E-state index in [2.05, 4.69) is 10.3 Å². The van der Waals surface area contributed by atoms with E-state index in [0.717, 1.165) is 27.4 Å². The molecule has 0 aliphatic rings. The smallest absolute Gasteiger partial charge is 0.336 e. The van der Waals surface area contributed by atoms with Crippen molar-refractivity contribution in [2.45, 2.75) is 20.3 Å². The maximum Gasteiger partial charge on any atom is 0.336 e. The van der Waals surface area contributed by atoms with Gasteiger partial charge in [-0.25, -0.2) is 9.18 Å². The first kappa shape index (κ1) is 19.7. The summed E-state index contributed by atoms with van der Waals surface area (Å²) in [6.45, 7) is 3.87. The fourth-order valence-electron chi connectivity index (χ4n) is 3.54. The van der Waals surface area contributed by atoms with Crippen LogP contribution in [-0.4, -0.2) is 24.0 Å². The van der Waals surface area contributed by atoms with Gasteiger partial charge < -0.3 is 19.5 Å². The molecule has 0 saturated carbocycles. The Morgan fingerprint density at radius 3 is 2.83 bits per heavy atom. The lowest BCUT2D eigenvalue weighted by molar-refractivity contribution is -0.123. The number of fused-ring (bicyclic) bond motifs is 2. The van der Waals surface area contributed by atoms with Crippen LogP contribution in [0.5, 0.6) is 5.75 Å². The van der Waals surface area contributed by atoms with E-state index in [1.54, 1.807) is 19.1 Å². The predicted octanol–water partition coefficient (Wildman–Crippen LogP) is 3.77. The molecule has 2 N–H and O–H groups in total. The van der Waals surface area contributed by atoms with Gasteiger partial charge in [0.15, 0.2) is 6.61 Å². The molecule has 6 nitrogen and oxygen atoms in total. The Kier molecular flexibility index (Phi) is 5.27. The zero-order valence-electron chi connectivity index (χ0n) is 16.7. The fourth-order valence-corrected chi connectivity index (χ4v) is 3.54. The van der Waals surface area contributed by atoms with Crippen molar-refractivity contribution in [3.8, 4) is 5.75 Å². The molecule has 4 aromatic rings. The first-order chi connectivity index (χ1) is 14.4. The van der Waals surface area contributed by atoms with Gasteiger partial charge in [0.05, 0.1) is 0 Å². The summed E-state index contributed by atoms with van der Waals surface area (Å²) in [5.41, 5.74) is 3.32. The Balaban J connectivity index is 1.36. The Labute approximate surface area is 171 Å². The lowest BCUT2D eigenvalue weighted by Gasteiger charge is -2.11. The molecule has 2 aromatic heterocycles. The third-order valence-corrected chi connectivity index (χ3v) is 5.12. The number of nitrogens with one attached hydrogen (secondary N) is 2. The minimum absolute atomic E-state index is 0.162. The molecule has 0 aliphatic heterocycles. The molecule has 2 aromatic carbocycles. The van der Waals surface area contributed by atoms with Crippen LogP contribution in [0.25, 0.3) is 21.9 Å². The van der Waals surface area contributed by atoms with E-state index in [0.29, 0.717) is 29.9 Å². The van der Waals surface area contributed by atoms with E-state index in [1.165, 1.54) is 18.2 Å². The Morgan fingerprint density at radius 2 is 2.00 bits per heavy atom. The van der Waals surface area contributed by atoms with Crippen molar-refractivity contribution in [2.24, 2.45) is 0 Å². The second-order valence-corrected chi connectivity index (χ2v) is 7.21. The molecule has 0 radical (unpaired) electrons. The average Bonchev–Trinajstić information content (AvgIpc) is 3.10. The zero-order valence-corrected chi connectivity index (χ0v) is 16.7. The standard InChI is InChI=1S/C23H21FN2O4/c1-13-9-22(28)30-23-14(2)20(6-4-17(13)23)29-12-21(27)25-8-7-15-11-26-19-5-3-16(24)10-18(15)19/h3-6,9-11,26H,7-8,12H2,1-2H3,(H,25,27). The largest absolute Gasteiger partial charge is 0.483 e. The summed E-state index contributed by atoms with van der Waals surface area (Å²) in [6.07, 6.45) is 2.38. The lowest BCUT2D eigenvalue weighted by Crippen LogP contribution is -2.30. The van der Waals surface area contributed by atoms with Gasteiger partial charge in [0, 0.05) is 40.7 Å². The van der Waals surface area contributed by atoms with Crippen molar-refractivity contribution in [2.75, 3.05) is 13.2 Å². The van der Waals surface area contributed by atoms with Gasteiger partial charge in [0.25, 0.3) is 5.91 Å². The van der Waals surface area contributed by atoms with Crippen LogP contribution in [0, 0.1) is 19.7 Å². The second kappa shape index (κ2) is 8.02. The number of aromatic amines is 1. The number of amides is 1. The van der Waals surface area contributed by atoms with Gasteiger partial charge in [-0.3, -0.25) is 4.79 Å². The third-order valence-electron chi connectivity index (χ3n) is 5.12. The molecular formula is C23H21FN2O4. The Morgan fingerprint density at radius 1 is 1.17 bits per heavy atom. The maximum atomic E-state index is 13.5. The number of ether oxygens (including phenoxy) is 1. The second-order valence-electron chi connectivity index (χ2n) is 7.21. The highest BCUT2D eigenvalue weighted by Gasteiger charge is 2.12. The minimum atomic E-state index is -0.421. The van der Waals surface area contributed by atoms with Crippen LogP contribution in [-0.2, 0) is 11.2 Å². The molecule has 7 heteroatoms. The average molecular weight is 408 g/mol. The molecule has 30 heavy (non-hydrogen) atoms. The van der Waals surface area contributed by atoms with E-state index in [9.17, 15) is 14.0 Å². The van der Waals surface area contributed by atoms with Crippen molar-refractivity contribution in [1.29, 1.82) is 0 Å². The molecule has 0 unspecified atom stereocenters. The van der Waals surface area contributed by atoms with Gasteiger partial charge >= 0.3 is 5.63 Å². The topological polar surface area (TPSA) is 84.3 Å². The number of H-pyrrole nitrogens is 1. The van der Waals surface area contributed by atoms with Gasteiger partial charge in [-0.05, 0) is 61.7 Å². The molecular weight excluding hydrogens is 387 g/mol. The van der Waals surface area contributed by atoms with Gasteiger partial charge in [-0.15, -0.1) is 0 Å². The quantitative estimate of drug-likeness (QED) is 0.476. The molecule has 154 valence electrons. The summed E-state index contributed by atoms with van der Waals surface area (Å²) in [4.78, 5) is 26.9. The monoisotopic (exact) mass is 408 g/mol. The number of halogens is 1. The highest BCUT2D eigenvalue weighted by molar-refractivity contribution is 5.85. The van der Waals surface area contributed by atoms with E-state index in [-0.39, 0.29) is 18.3 Å². The first-order valence-corrected chi connectivity index (χ1v) is 9.61. The Hall–Kier alpha value is -3.61. The molecule has 0 atom stereocenters. The van der Waals surface area contributed by atoms with Crippen molar-refractivity contribution in [1.82, 2.24) is 10.3 Å². The summed E-state index contributed by atoms with van der Waals surface area (Å²) in [5, 5.41) is 4.44. The van der Waals surface area contributed by atoms with Crippen LogP contribution in [0.2, 0.25) is 0 Å².